The molecule has 1 fully saturated rings. The molecule has 0 bridgehead atoms. The predicted molar refractivity (Wildman–Crippen MR) is 115 cm³/mol. The molecule has 2 aromatic carbocycles. The van der Waals surface area contributed by atoms with Gasteiger partial charge in [0.1, 0.15) is 11.6 Å². The standard InChI is InChI=1S/C21H18Cl2FN5/c22-15-10-18-19(11-16(15)23)27-21(26-18)12-28-5-7-29(8-6-28)20-3-4-25-17-2-1-13(24)9-14(17)20/h1-4,9-11H,5-8,12H2,(H,26,27). The summed E-state index contributed by atoms with van der Waals surface area (Å²) in [4.78, 5) is 16.9. The van der Waals surface area contributed by atoms with Gasteiger partial charge in [-0.25, -0.2) is 9.37 Å². The van der Waals surface area contributed by atoms with Crippen LogP contribution in [0.4, 0.5) is 10.1 Å². The van der Waals surface area contributed by atoms with Crippen molar-refractivity contribution in [2.24, 2.45) is 0 Å². The minimum absolute atomic E-state index is 0.240. The third-order valence-electron chi connectivity index (χ3n) is 5.34. The summed E-state index contributed by atoms with van der Waals surface area (Å²) < 4.78 is 13.7. The van der Waals surface area contributed by atoms with Crippen LogP contribution in [0.5, 0.6) is 0 Å². The lowest BCUT2D eigenvalue weighted by Crippen LogP contribution is -2.46. The number of pyridine rings is 1. The highest BCUT2D eigenvalue weighted by molar-refractivity contribution is 6.42. The Kier molecular flexibility index (Phi) is 4.78. The number of hydrogen-bond acceptors (Lipinski definition) is 4. The predicted octanol–water partition coefficient (Wildman–Crippen LogP) is 4.88. The fourth-order valence-electron chi connectivity index (χ4n) is 3.87. The Hall–Kier alpha value is -2.41. The van der Waals surface area contributed by atoms with Crippen molar-refractivity contribution >= 4 is 50.8 Å². The first kappa shape index (κ1) is 18.6. The zero-order valence-corrected chi connectivity index (χ0v) is 17.0. The van der Waals surface area contributed by atoms with Crippen LogP contribution in [0.25, 0.3) is 21.9 Å². The second kappa shape index (κ2) is 7.44. The van der Waals surface area contributed by atoms with Crippen LogP contribution in [0.1, 0.15) is 5.82 Å². The number of nitrogens with one attached hydrogen (secondary N) is 1. The van der Waals surface area contributed by atoms with Crippen molar-refractivity contribution in [2.45, 2.75) is 6.54 Å². The topological polar surface area (TPSA) is 48.1 Å². The van der Waals surface area contributed by atoms with E-state index in [4.69, 9.17) is 23.2 Å². The van der Waals surface area contributed by atoms with Gasteiger partial charge in [0.2, 0.25) is 0 Å². The van der Waals surface area contributed by atoms with Gasteiger partial charge in [0.15, 0.2) is 0 Å². The molecule has 148 valence electrons. The highest BCUT2D eigenvalue weighted by Crippen LogP contribution is 2.28. The van der Waals surface area contributed by atoms with Gasteiger partial charge in [-0.05, 0) is 36.4 Å². The maximum atomic E-state index is 13.7. The average molecular weight is 430 g/mol. The van der Waals surface area contributed by atoms with Crippen molar-refractivity contribution in [3.05, 3.63) is 64.3 Å². The van der Waals surface area contributed by atoms with Crippen LogP contribution in [-0.2, 0) is 6.54 Å². The Bertz CT molecular complexity index is 1160. The molecule has 0 radical (unpaired) electrons. The Morgan fingerprint density at radius 3 is 2.59 bits per heavy atom. The molecule has 5 rings (SSSR count). The smallest absolute Gasteiger partial charge is 0.124 e. The van der Waals surface area contributed by atoms with Gasteiger partial charge >= 0.3 is 0 Å². The number of rotatable bonds is 3. The molecule has 1 N–H and O–H groups in total. The van der Waals surface area contributed by atoms with Gasteiger partial charge in [-0.3, -0.25) is 9.88 Å². The Balaban J connectivity index is 1.30. The number of aromatic nitrogens is 3. The lowest BCUT2D eigenvalue weighted by atomic mass is 10.1. The second-order valence-corrected chi connectivity index (χ2v) is 8.04. The van der Waals surface area contributed by atoms with Gasteiger partial charge in [-0.15, -0.1) is 0 Å². The first-order valence-corrected chi connectivity index (χ1v) is 10.2. The highest BCUT2D eigenvalue weighted by Gasteiger charge is 2.20. The third kappa shape index (κ3) is 3.64. The van der Waals surface area contributed by atoms with Gasteiger partial charge in [-0.1, -0.05) is 23.2 Å². The summed E-state index contributed by atoms with van der Waals surface area (Å²) in [6.07, 6.45) is 1.78. The second-order valence-electron chi connectivity index (χ2n) is 7.22. The van der Waals surface area contributed by atoms with Crippen LogP contribution in [-0.4, -0.2) is 46.0 Å². The minimum Gasteiger partial charge on any atom is -0.368 e. The molecule has 8 heteroatoms. The van der Waals surface area contributed by atoms with E-state index in [1.54, 1.807) is 30.5 Å². The molecule has 0 amide bonds. The Labute approximate surface area is 177 Å². The van der Waals surface area contributed by atoms with Gasteiger partial charge in [-0.2, -0.15) is 0 Å². The summed E-state index contributed by atoms with van der Waals surface area (Å²) in [6.45, 7) is 4.21. The normalized spacial score (nSPS) is 15.5. The molecule has 0 aliphatic carbocycles. The van der Waals surface area contributed by atoms with Gasteiger partial charge < -0.3 is 9.88 Å². The molecule has 1 aliphatic rings. The summed E-state index contributed by atoms with van der Waals surface area (Å²) in [5.41, 5.74) is 3.55. The van der Waals surface area contributed by atoms with Crippen LogP contribution in [0.3, 0.4) is 0 Å². The van der Waals surface area contributed by atoms with Crippen molar-refractivity contribution in [3.8, 4) is 0 Å². The molecule has 29 heavy (non-hydrogen) atoms. The number of H-pyrrole nitrogens is 1. The van der Waals surface area contributed by atoms with E-state index in [9.17, 15) is 4.39 Å². The van der Waals surface area contributed by atoms with Crippen LogP contribution in [0, 0.1) is 5.82 Å². The molecule has 1 aliphatic heterocycles. The van der Waals surface area contributed by atoms with Gasteiger partial charge in [0, 0.05) is 43.4 Å². The zero-order chi connectivity index (χ0) is 20.0. The number of hydrogen-bond donors (Lipinski definition) is 1. The number of piperazine rings is 1. The molecule has 0 atom stereocenters. The average Bonchev–Trinajstić information content (AvgIpc) is 3.09. The maximum Gasteiger partial charge on any atom is 0.124 e. The number of nitrogens with zero attached hydrogens (tertiary/aromatic N) is 4. The molecule has 4 aromatic rings. The van der Waals surface area contributed by atoms with E-state index >= 15 is 0 Å². The quantitative estimate of drug-likeness (QED) is 0.504. The first-order chi connectivity index (χ1) is 14.1. The van der Waals surface area contributed by atoms with E-state index < -0.39 is 0 Å². The Morgan fingerprint density at radius 1 is 0.966 bits per heavy atom. The molecule has 1 saturated heterocycles. The van der Waals surface area contributed by atoms with E-state index in [1.165, 1.54) is 6.07 Å². The number of fused-ring (bicyclic) bond motifs is 2. The number of halogens is 3. The van der Waals surface area contributed by atoms with E-state index in [2.05, 4.69) is 24.8 Å². The number of benzene rings is 2. The van der Waals surface area contributed by atoms with E-state index in [-0.39, 0.29) is 5.82 Å². The van der Waals surface area contributed by atoms with Gasteiger partial charge in [0.25, 0.3) is 0 Å². The number of aromatic amines is 1. The molecule has 3 heterocycles. The van der Waals surface area contributed by atoms with Crippen LogP contribution >= 0.6 is 23.2 Å². The van der Waals surface area contributed by atoms with Crippen molar-refractivity contribution < 1.29 is 4.39 Å². The minimum atomic E-state index is -0.240. The van der Waals surface area contributed by atoms with Crippen LogP contribution in [0.2, 0.25) is 10.0 Å². The van der Waals surface area contributed by atoms with E-state index in [1.807, 2.05) is 6.07 Å². The van der Waals surface area contributed by atoms with Crippen LogP contribution in [0.15, 0.2) is 42.6 Å². The molecule has 0 saturated carbocycles. The monoisotopic (exact) mass is 429 g/mol. The lowest BCUT2D eigenvalue weighted by molar-refractivity contribution is 0.245. The number of imidazole rings is 1. The third-order valence-corrected chi connectivity index (χ3v) is 6.06. The molecular formula is C21H18Cl2FN5. The molecular weight excluding hydrogens is 412 g/mol. The summed E-state index contributed by atoms with van der Waals surface area (Å²) in [7, 11) is 0. The first-order valence-electron chi connectivity index (χ1n) is 9.42. The SMILES string of the molecule is Fc1ccc2nccc(N3CCN(Cc4nc5cc(Cl)c(Cl)cc5[nH]4)CC3)c2c1. The molecule has 2 aromatic heterocycles. The highest BCUT2D eigenvalue weighted by atomic mass is 35.5. The van der Waals surface area contributed by atoms with Crippen molar-refractivity contribution in [3.63, 3.8) is 0 Å². The van der Waals surface area contributed by atoms with Crippen molar-refractivity contribution in [1.82, 2.24) is 19.9 Å². The Morgan fingerprint density at radius 2 is 1.76 bits per heavy atom. The zero-order valence-electron chi connectivity index (χ0n) is 15.5. The molecule has 5 nitrogen and oxygen atoms in total. The van der Waals surface area contributed by atoms with Crippen LogP contribution < -0.4 is 4.90 Å². The summed E-state index contributed by atoms with van der Waals surface area (Å²) in [5.74, 6) is 0.652. The van der Waals surface area contributed by atoms with E-state index in [0.29, 0.717) is 10.0 Å². The van der Waals surface area contributed by atoms with Crippen molar-refractivity contribution in [2.75, 3.05) is 31.1 Å². The summed E-state index contributed by atoms with van der Waals surface area (Å²) in [6, 6.07) is 10.3. The van der Waals surface area contributed by atoms with Crippen molar-refractivity contribution in [1.29, 1.82) is 0 Å². The largest absolute Gasteiger partial charge is 0.368 e. The maximum absolute atomic E-state index is 13.7. The van der Waals surface area contributed by atoms with E-state index in [0.717, 1.165) is 66.2 Å². The summed E-state index contributed by atoms with van der Waals surface area (Å²) in [5, 5.41) is 1.88. The lowest BCUT2D eigenvalue weighted by Gasteiger charge is -2.36. The fourth-order valence-corrected chi connectivity index (χ4v) is 4.19. The molecule has 0 unspecified atom stereocenters. The van der Waals surface area contributed by atoms with Gasteiger partial charge in [0.05, 0.1) is 33.1 Å². The fraction of sp³-hybridized carbons (Fsp3) is 0.238. The molecule has 0 spiro atoms. The summed E-state index contributed by atoms with van der Waals surface area (Å²) >= 11 is 12.2. The number of anilines is 1.